The average molecular weight is 376 g/mol. The Morgan fingerprint density at radius 3 is 2.38 bits per heavy atom. The summed E-state index contributed by atoms with van der Waals surface area (Å²) in [5.41, 5.74) is 1.20. The van der Waals surface area contributed by atoms with E-state index in [-0.39, 0.29) is 28.2 Å². The summed E-state index contributed by atoms with van der Waals surface area (Å²) in [7, 11) is 0. The number of nitrogens with zero attached hydrogens (tertiary/aromatic N) is 2. The second-order valence-electron chi connectivity index (χ2n) is 5.78. The Hall–Kier alpha value is -2.44. The Labute approximate surface area is 157 Å². The normalized spacial score (nSPS) is 12.0. The van der Waals surface area contributed by atoms with Gasteiger partial charge in [-0.3, -0.25) is 19.8 Å². The predicted molar refractivity (Wildman–Crippen MR) is 103 cm³/mol. The Morgan fingerprint density at radius 2 is 1.85 bits per heavy atom. The average Bonchev–Trinajstić information content (AvgIpc) is 2.65. The van der Waals surface area contributed by atoms with Gasteiger partial charge >= 0.3 is 0 Å². The zero-order valence-electron chi connectivity index (χ0n) is 14.8. The van der Waals surface area contributed by atoms with Crippen LogP contribution in [0.15, 0.2) is 48.5 Å². The largest absolute Gasteiger partial charge is 0.350 e. The second-order valence-corrected chi connectivity index (χ2v) is 6.19. The molecule has 2 aromatic rings. The molecule has 0 fully saturated rings. The van der Waals surface area contributed by atoms with Gasteiger partial charge < -0.3 is 5.32 Å². The van der Waals surface area contributed by atoms with Gasteiger partial charge in [0.2, 0.25) is 0 Å². The molecule has 0 aliphatic carbocycles. The summed E-state index contributed by atoms with van der Waals surface area (Å²) in [6, 6.07) is 13.9. The molecular formula is C19H22ClN3O3. The number of nitrogens with one attached hydrogen (secondary N) is 1. The molecule has 6 nitrogen and oxygen atoms in total. The highest BCUT2D eigenvalue weighted by molar-refractivity contribution is 6.34. The zero-order chi connectivity index (χ0) is 19.1. The predicted octanol–water partition coefficient (Wildman–Crippen LogP) is 4.06. The maximum Gasteiger partial charge on any atom is 0.270 e. The summed E-state index contributed by atoms with van der Waals surface area (Å²) in [5.74, 6) is -0.349. The summed E-state index contributed by atoms with van der Waals surface area (Å²) < 4.78 is 0. The van der Waals surface area contributed by atoms with Crippen LogP contribution in [0.3, 0.4) is 0 Å². The van der Waals surface area contributed by atoms with E-state index in [1.165, 1.54) is 18.2 Å². The van der Waals surface area contributed by atoms with Crippen molar-refractivity contribution in [1.82, 2.24) is 10.2 Å². The lowest BCUT2D eigenvalue weighted by Gasteiger charge is -2.30. The van der Waals surface area contributed by atoms with Crippen LogP contribution in [0.5, 0.6) is 0 Å². The van der Waals surface area contributed by atoms with Crippen molar-refractivity contribution < 1.29 is 9.72 Å². The zero-order valence-corrected chi connectivity index (χ0v) is 15.6. The fraction of sp³-hybridized carbons (Fsp3) is 0.316. The lowest BCUT2D eigenvalue weighted by Crippen LogP contribution is -2.38. The first kappa shape index (κ1) is 19.9. The molecule has 0 aromatic heterocycles. The van der Waals surface area contributed by atoms with Crippen LogP contribution in [0.2, 0.25) is 5.02 Å². The second kappa shape index (κ2) is 9.31. The number of carbonyl (C=O) groups is 1. The molecule has 26 heavy (non-hydrogen) atoms. The van der Waals surface area contributed by atoms with Crippen molar-refractivity contribution in [3.8, 4) is 0 Å². The van der Waals surface area contributed by atoms with Crippen LogP contribution in [0.25, 0.3) is 0 Å². The first-order valence-electron chi connectivity index (χ1n) is 8.49. The SMILES string of the molecule is CCN(CC)C(CNC(=O)c1ccc([N+](=O)[O-])cc1Cl)c1ccccc1. The van der Waals surface area contributed by atoms with Gasteiger partial charge in [-0.15, -0.1) is 0 Å². The van der Waals surface area contributed by atoms with Crippen molar-refractivity contribution in [2.75, 3.05) is 19.6 Å². The lowest BCUT2D eigenvalue weighted by molar-refractivity contribution is -0.384. The first-order valence-corrected chi connectivity index (χ1v) is 8.86. The van der Waals surface area contributed by atoms with Crippen molar-refractivity contribution in [2.24, 2.45) is 0 Å². The molecule has 0 aliphatic heterocycles. The van der Waals surface area contributed by atoms with Crippen molar-refractivity contribution in [3.05, 3.63) is 74.8 Å². The highest BCUT2D eigenvalue weighted by atomic mass is 35.5. The number of non-ortho nitro benzene ring substituents is 1. The Morgan fingerprint density at radius 1 is 1.19 bits per heavy atom. The molecule has 2 rings (SSSR count). The van der Waals surface area contributed by atoms with E-state index in [0.717, 1.165) is 18.7 Å². The smallest absolute Gasteiger partial charge is 0.270 e. The van der Waals surface area contributed by atoms with E-state index < -0.39 is 4.92 Å². The summed E-state index contributed by atoms with van der Waals surface area (Å²) in [5, 5.41) is 13.8. The molecule has 0 aliphatic rings. The summed E-state index contributed by atoms with van der Waals surface area (Å²) in [6.45, 7) is 6.27. The van der Waals surface area contributed by atoms with E-state index in [1.807, 2.05) is 30.3 Å². The highest BCUT2D eigenvalue weighted by Crippen LogP contribution is 2.23. The monoisotopic (exact) mass is 375 g/mol. The maximum atomic E-state index is 12.5. The van der Waals surface area contributed by atoms with E-state index in [1.54, 1.807) is 0 Å². The van der Waals surface area contributed by atoms with Gasteiger partial charge in [-0.05, 0) is 24.7 Å². The number of rotatable bonds is 8. The van der Waals surface area contributed by atoms with E-state index in [4.69, 9.17) is 11.6 Å². The minimum absolute atomic E-state index is 0.0342. The Balaban J connectivity index is 2.15. The molecule has 1 unspecified atom stereocenters. The third kappa shape index (κ3) is 4.80. The quantitative estimate of drug-likeness (QED) is 0.557. The van der Waals surface area contributed by atoms with E-state index in [9.17, 15) is 14.9 Å². The summed E-state index contributed by atoms with van der Waals surface area (Å²) in [6.07, 6.45) is 0. The number of nitro groups is 1. The fourth-order valence-corrected chi connectivity index (χ4v) is 3.14. The minimum atomic E-state index is -0.542. The van der Waals surface area contributed by atoms with Crippen molar-refractivity contribution >= 4 is 23.2 Å². The number of hydrogen-bond acceptors (Lipinski definition) is 4. The molecule has 1 amide bonds. The Bertz CT molecular complexity index is 764. The number of nitro benzene ring substituents is 1. The van der Waals surface area contributed by atoms with E-state index in [2.05, 4.69) is 24.1 Å². The van der Waals surface area contributed by atoms with Crippen LogP contribution in [-0.4, -0.2) is 35.4 Å². The number of amides is 1. The minimum Gasteiger partial charge on any atom is -0.350 e. The van der Waals surface area contributed by atoms with Gasteiger partial charge in [-0.25, -0.2) is 0 Å². The summed E-state index contributed by atoms with van der Waals surface area (Å²) in [4.78, 5) is 25.0. The van der Waals surface area contributed by atoms with E-state index in [0.29, 0.717) is 6.54 Å². The maximum absolute atomic E-state index is 12.5. The molecular weight excluding hydrogens is 354 g/mol. The highest BCUT2D eigenvalue weighted by Gasteiger charge is 2.20. The first-order chi connectivity index (χ1) is 12.5. The Kier molecular flexibility index (Phi) is 7.12. The third-order valence-electron chi connectivity index (χ3n) is 4.30. The topological polar surface area (TPSA) is 75.5 Å². The molecule has 0 spiro atoms. The van der Waals surface area contributed by atoms with Crippen LogP contribution >= 0.6 is 11.6 Å². The van der Waals surface area contributed by atoms with Crippen LogP contribution in [0, 0.1) is 10.1 Å². The standard InChI is InChI=1S/C19H22ClN3O3/c1-3-22(4-2)18(14-8-6-5-7-9-14)13-21-19(24)16-11-10-15(23(25)26)12-17(16)20/h5-12,18H,3-4,13H2,1-2H3,(H,21,24). The van der Waals surface area contributed by atoms with Crippen LogP contribution in [0.1, 0.15) is 35.8 Å². The number of carbonyl (C=O) groups excluding carboxylic acids is 1. The number of benzene rings is 2. The van der Waals surface area contributed by atoms with Crippen molar-refractivity contribution in [3.63, 3.8) is 0 Å². The van der Waals surface area contributed by atoms with Crippen LogP contribution in [-0.2, 0) is 0 Å². The van der Waals surface area contributed by atoms with Gasteiger partial charge in [0.1, 0.15) is 0 Å². The van der Waals surface area contributed by atoms with Gasteiger partial charge in [0, 0.05) is 18.7 Å². The molecule has 2 aromatic carbocycles. The molecule has 0 saturated heterocycles. The molecule has 138 valence electrons. The lowest BCUT2D eigenvalue weighted by atomic mass is 10.0. The van der Waals surface area contributed by atoms with Crippen molar-refractivity contribution in [2.45, 2.75) is 19.9 Å². The van der Waals surface area contributed by atoms with Crippen LogP contribution in [0.4, 0.5) is 5.69 Å². The molecule has 1 N–H and O–H groups in total. The molecule has 0 radical (unpaired) electrons. The van der Waals surface area contributed by atoms with Gasteiger partial charge in [0.25, 0.3) is 11.6 Å². The summed E-state index contributed by atoms with van der Waals surface area (Å²) >= 11 is 6.04. The van der Waals surface area contributed by atoms with Gasteiger partial charge in [0.15, 0.2) is 0 Å². The van der Waals surface area contributed by atoms with E-state index >= 15 is 0 Å². The molecule has 0 heterocycles. The number of likely N-dealkylation sites (N-methyl/N-ethyl adjacent to an activating group) is 1. The molecule has 7 heteroatoms. The van der Waals surface area contributed by atoms with Crippen molar-refractivity contribution in [1.29, 1.82) is 0 Å². The molecule has 0 saturated carbocycles. The van der Waals surface area contributed by atoms with Crippen LogP contribution < -0.4 is 5.32 Å². The van der Waals surface area contributed by atoms with Gasteiger partial charge in [-0.1, -0.05) is 55.8 Å². The third-order valence-corrected chi connectivity index (χ3v) is 4.61. The molecule has 0 bridgehead atoms. The van der Waals surface area contributed by atoms with Gasteiger partial charge in [-0.2, -0.15) is 0 Å². The molecule has 1 atom stereocenters. The van der Waals surface area contributed by atoms with Gasteiger partial charge in [0.05, 0.1) is 21.6 Å². The fourth-order valence-electron chi connectivity index (χ4n) is 2.88. The number of halogens is 1. The number of hydrogen-bond donors (Lipinski definition) is 1.